The zero-order valence-corrected chi connectivity index (χ0v) is 14.2. The van der Waals surface area contributed by atoms with Gasteiger partial charge in [-0.05, 0) is 55.7 Å². The standard InChI is InChI=1S/C15H17ClN4O2S/c1-11-10-12(4-5-13(11)16)23(21,22)19-14-6-7-15(18-17-14)20-8-2-3-9-20/h4-7,10H,2-3,8-9H2,1H3,(H,17,19). The van der Waals surface area contributed by atoms with Crippen molar-refractivity contribution < 1.29 is 8.42 Å². The van der Waals surface area contributed by atoms with Crippen LogP contribution in [0.3, 0.4) is 0 Å². The Bertz CT molecular complexity index is 803. The van der Waals surface area contributed by atoms with Crippen LogP contribution in [0.4, 0.5) is 11.6 Å². The Kier molecular flexibility index (Phi) is 4.41. The summed E-state index contributed by atoms with van der Waals surface area (Å²) < 4.78 is 27.2. The normalized spacial score (nSPS) is 15.0. The van der Waals surface area contributed by atoms with Gasteiger partial charge in [-0.1, -0.05) is 11.6 Å². The maximum absolute atomic E-state index is 12.4. The highest BCUT2D eigenvalue weighted by atomic mass is 35.5. The topological polar surface area (TPSA) is 75.2 Å². The zero-order valence-electron chi connectivity index (χ0n) is 12.7. The summed E-state index contributed by atoms with van der Waals surface area (Å²) in [6, 6.07) is 7.96. The van der Waals surface area contributed by atoms with E-state index in [4.69, 9.17) is 11.6 Å². The summed E-state index contributed by atoms with van der Waals surface area (Å²) in [5.74, 6) is 0.966. The molecule has 23 heavy (non-hydrogen) atoms. The van der Waals surface area contributed by atoms with Crippen molar-refractivity contribution in [2.45, 2.75) is 24.7 Å². The SMILES string of the molecule is Cc1cc(S(=O)(=O)Nc2ccc(N3CCCC3)nn2)ccc1Cl. The van der Waals surface area contributed by atoms with Crippen LogP contribution in [0, 0.1) is 6.92 Å². The molecule has 1 aliphatic rings. The number of nitrogens with zero attached hydrogens (tertiary/aromatic N) is 3. The van der Waals surface area contributed by atoms with Gasteiger partial charge in [-0.2, -0.15) is 0 Å². The predicted molar refractivity (Wildman–Crippen MR) is 90.5 cm³/mol. The average molecular weight is 353 g/mol. The molecule has 1 aliphatic heterocycles. The van der Waals surface area contributed by atoms with Gasteiger partial charge in [-0.25, -0.2) is 8.42 Å². The molecular formula is C15H17ClN4O2S. The summed E-state index contributed by atoms with van der Waals surface area (Å²) >= 11 is 5.93. The van der Waals surface area contributed by atoms with E-state index in [9.17, 15) is 8.42 Å². The Balaban J connectivity index is 1.78. The molecule has 0 amide bonds. The molecule has 8 heteroatoms. The summed E-state index contributed by atoms with van der Waals surface area (Å²) in [7, 11) is -3.71. The van der Waals surface area contributed by atoms with Gasteiger partial charge in [0.1, 0.15) is 0 Å². The second-order valence-corrected chi connectivity index (χ2v) is 7.58. The Morgan fingerprint density at radius 1 is 1.13 bits per heavy atom. The van der Waals surface area contributed by atoms with Crippen LogP contribution in [-0.2, 0) is 10.0 Å². The highest BCUT2D eigenvalue weighted by molar-refractivity contribution is 7.92. The van der Waals surface area contributed by atoms with Crippen LogP contribution in [0.25, 0.3) is 0 Å². The molecule has 0 unspecified atom stereocenters. The molecule has 1 fully saturated rings. The Hall–Kier alpha value is -1.86. The molecule has 2 heterocycles. The van der Waals surface area contributed by atoms with Gasteiger partial charge >= 0.3 is 0 Å². The first-order valence-corrected chi connectivity index (χ1v) is 9.19. The predicted octanol–water partition coefficient (Wildman–Crippen LogP) is 2.84. The first-order chi connectivity index (χ1) is 11.0. The fraction of sp³-hybridized carbons (Fsp3) is 0.333. The minimum Gasteiger partial charge on any atom is -0.355 e. The lowest BCUT2D eigenvalue weighted by atomic mass is 10.2. The minimum absolute atomic E-state index is 0.143. The lowest BCUT2D eigenvalue weighted by Gasteiger charge is -2.15. The van der Waals surface area contributed by atoms with Gasteiger partial charge in [0.05, 0.1) is 4.90 Å². The fourth-order valence-corrected chi connectivity index (χ4v) is 3.67. The number of nitrogens with one attached hydrogen (secondary N) is 1. The van der Waals surface area contributed by atoms with Crippen LogP contribution in [0.2, 0.25) is 5.02 Å². The first kappa shape index (κ1) is 16.0. The summed E-state index contributed by atoms with van der Waals surface area (Å²) in [5, 5.41) is 8.59. The molecule has 0 atom stereocenters. The molecule has 0 bridgehead atoms. The fourth-order valence-electron chi connectivity index (χ4n) is 2.48. The number of hydrogen-bond donors (Lipinski definition) is 1. The van der Waals surface area contributed by atoms with Crippen molar-refractivity contribution in [3.63, 3.8) is 0 Å². The number of rotatable bonds is 4. The van der Waals surface area contributed by atoms with Crippen LogP contribution in [0.5, 0.6) is 0 Å². The zero-order chi connectivity index (χ0) is 16.4. The van der Waals surface area contributed by atoms with E-state index in [0.717, 1.165) is 31.7 Å². The monoisotopic (exact) mass is 352 g/mol. The minimum atomic E-state index is -3.71. The number of anilines is 2. The van der Waals surface area contributed by atoms with E-state index in [1.54, 1.807) is 25.1 Å². The number of benzene rings is 1. The first-order valence-electron chi connectivity index (χ1n) is 7.33. The summed E-state index contributed by atoms with van der Waals surface area (Å²) in [6.07, 6.45) is 2.29. The lowest BCUT2D eigenvalue weighted by molar-refractivity contribution is 0.601. The number of aromatic nitrogens is 2. The third-order valence-electron chi connectivity index (χ3n) is 3.76. The Morgan fingerprint density at radius 2 is 1.87 bits per heavy atom. The van der Waals surface area contributed by atoms with Gasteiger partial charge in [-0.3, -0.25) is 4.72 Å². The maximum Gasteiger partial charge on any atom is 0.263 e. The summed E-state index contributed by atoms with van der Waals surface area (Å²) in [5.41, 5.74) is 0.699. The third-order valence-corrected chi connectivity index (χ3v) is 5.54. The molecule has 1 saturated heterocycles. The number of sulfonamides is 1. The van der Waals surface area contributed by atoms with Crippen molar-refractivity contribution >= 4 is 33.3 Å². The van der Waals surface area contributed by atoms with Crippen LogP contribution in [0.15, 0.2) is 35.2 Å². The molecule has 0 aliphatic carbocycles. The van der Waals surface area contributed by atoms with E-state index < -0.39 is 10.0 Å². The van der Waals surface area contributed by atoms with Crippen molar-refractivity contribution in [1.29, 1.82) is 0 Å². The van der Waals surface area contributed by atoms with E-state index in [0.29, 0.717) is 10.6 Å². The highest BCUT2D eigenvalue weighted by Crippen LogP contribution is 2.22. The van der Waals surface area contributed by atoms with Gasteiger partial charge in [0, 0.05) is 18.1 Å². The van der Waals surface area contributed by atoms with Gasteiger partial charge in [-0.15, -0.1) is 10.2 Å². The van der Waals surface area contributed by atoms with Gasteiger partial charge in [0.2, 0.25) is 0 Å². The van der Waals surface area contributed by atoms with Gasteiger partial charge < -0.3 is 4.90 Å². The van der Waals surface area contributed by atoms with Crippen LogP contribution in [-0.4, -0.2) is 31.7 Å². The molecule has 1 aromatic carbocycles. The second-order valence-electron chi connectivity index (χ2n) is 5.49. The largest absolute Gasteiger partial charge is 0.355 e. The van der Waals surface area contributed by atoms with E-state index in [1.165, 1.54) is 12.1 Å². The Morgan fingerprint density at radius 3 is 2.48 bits per heavy atom. The molecule has 0 radical (unpaired) electrons. The summed E-state index contributed by atoms with van der Waals surface area (Å²) in [6.45, 7) is 3.68. The van der Waals surface area contributed by atoms with Crippen molar-refractivity contribution in [2.75, 3.05) is 22.7 Å². The third kappa shape index (κ3) is 3.56. The highest BCUT2D eigenvalue weighted by Gasteiger charge is 2.17. The molecule has 0 spiro atoms. The van der Waals surface area contributed by atoms with Crippen molar-refractivity contribution in [3.05, 3.63) is 40.9 Å². The second kappa shape index (κ2) is 6.33. The maximum atomic E-state index is 12.4. The number of hydrogen-bond acceptors (Lipinski definition) is 5. The van der Waals surface area contributed by atoms with Gasteiger partial charge in [0.25, 0.3) is 10.0 Å². The molecule has 1 aromatic heterocycles. The molecule has 0 saturated carbocycles. The molecule has 3 rings (SSSR count). The van der Waals surface area contributed by atoms with Crippen LogP contribution < -0.4 is 9.62 Å². The number of halogens is 1. The van der Waals surface area contributed by atoms with Crippen molar-refractivity contribution in [1.82, 2.24) is 10.2 Å². The van der Waals surface area contributed by atoms with Crippen LogP contribution >= 0.6 is 11.6 Å². The van der Waals surface area contributed by atoms with Crippen molar-refractivity contribution in [3.8, 4) is 0 Å². The molecular weight excluding hydrogens is 336 g/mol. The molecule has 6 nitrogen and oxygen atoms in total. The molecule has 2 aromatic rings. The van der Waals surface area contributed by atoms with E-state index in [-0.39, 0.29) is 10.7 Å². The van der Waals surface area contributed by atoms with E-state index in [1.807, 2.05) is 0 Å². The summed E-state index contributed by atoms with van der Waals surface area (Å²) in [4.78, 5) is 2.28. The van der Waals surface area contributed by atoms with Crippen LogP contribution in [0.1, 0.15) is 18.4 Å². The average Bonchev–Trinajstić information content (AvgIpc) is 3.04. The van der Waals surface area contributed by atoms with E-state index in [2.05, 4.69) is 19.8 Å². The van der Waals surface area contributed by atoms with Gasteiger partial charge in [0.15, 0.2) is 11.6 Å². The molecule has 122 valence electrons. The smallest absolute Gasteiger partial charge is 0.263 e. The van der Waals surface area contributed by atoms with E-state index >= 15 is 0 Å². The Labute approximate surface area is 140 Å². The molecule has 1 N–H and O–H groups in total. The quantitative estimate of drug-likeness (QED) is 0.915. The number of aryl methyl sites for hydroxylation is 1. The van der Waals surface area contributed by atoms with Crippen molar-refractivity contribution in [2.24, 2.45) is 0 Å². The lowest BCUT2D eigenvalue weighted by Crippen LogP contribution is -2.20.